The van der Waals surface area contributed by atoms with Gasteiger partial charge in [-0.15, -0.1) is 11.8 Å². The number of hydrogen-bond donors (Lipinski definition) is 3. The molecular weight excluding hydrogens is 248 g/mol. The summed E-state index contributed by atoms with van der Waals surface area (Å²) in [6, 6.07) is 6.19. The highest BCUT2D eigenvalue weighted by Crippen LogP contribution is 2.39. The maximum atomic E-state index is 12.1. The molecule has 98 valence electrons. The Morgan fingerprint density at radius 1 is 1.50 bits per heavy atom. The number of nitrogens with one attached hydrogen (secondary N) is 2. The molecule has 6 heteroatoms. The van der Waals surface area contributed by atoms with Gasteiger partial charge in [0.1, 0.15) is 0 Å². The average Bonchev–Trinajstić information content (AvgIpc) is 2.36. The van der Waals surface area contributed by atoms with Crippen molar-refractivity contribution in [2.75, 3.05) is 18.6 Å². The molecule has 0 aromatic heterocycles. The largest absolute Gasteiger partial charge is 0.316 e. The van der Waals surface area contributed by atoms with Crippen LogP contribution in [-0.2, 0) is 11.3 Å². The fourth-order valence-electron chi connectivity index (χ4n) is 2.02. The fraction of sp³-hybridized carbons (Fsp3) is 0.417. The summed E-state index contributed by atoms with van der Waals surface area (Å²) >= 11 is 1.60. The molecule has 5 nitrogen and oxygen atoms in total. The standard InChI is InChI=1S/C12H18N4OS/c1-8-12(17)16(7-15-13)10-5-9(6-14-2)3-4-11(10)18-8/h3-5,8,14-15H,6-7,13H2,1-2H3. The normalized spacial score (nSPS) is 18.9. The van der Waals surface area contributed by atoms with E-state index in [4.69, 9.17) is 5.84 Å². The zero-order valence-corrected chi connectivity index (χ0v) is 11.4. The van der Waals surface area contributed by atoms with E-state index in [-0.39, 0.29) is 11.2 Å². The zero-order chi connectivity index (χ0) is 13.1. The molecule has 1 amide bonds. The molecule has 0 fully saturated rings. The van der Waals surface area contributed by atoms with Crippen molar-refractivity contribution in [1.82, 2.24) is 10.7 Å². The molecule has 0 saturated carbocycles. The predicted molar refractivity (Wildman–Crippen MR) is 74.2 cm³/mol. The summed E-state index contributed by atoms with van der Waals surface area (Å²) in [5, 5.41) is 3.04. The summed E-state index contributed by atoms with van der Waals surface area (Å²) in [6.45, 7) is 3.03. The van der Waals surface area contributed by atoms with Crippen molar-refractivity contribution < 1.29 is 4.79 Å². The van der Waals surface area contributed by atoms with Gasteiger partial charge in [-0.2, -0.15) is 0 Å². The average molecular weight is 266 g/mol. The number of carbonyl (C=O) groups is 1. The third-order valence-electron chi connectivity index (χ3n) is 2.86. The van der Waals surface area contributed by atoms with Crippen LogP contribution in [0.25, 0.3) is 0 Å². The van der Waals surface area contributed by atoms with Crippen molar-refractivity contribution in [2.24, 2.45) is 5.84 Å². The molecule has 1 aromatic rings. The second-order valence-electron chi connectivity index (χ2n) is 4.22. The molecule has 4 N–H and O–H groups in total. The van der Waals surface area contributed by atoms with E-state index < -0.39 is 0 Å². The van der Waals surface area contributed by atoms with Crippen LogP contribution in [0.15, 0.2) is 23.1 Å². The van der Waals surface area contributed by atoms with Crippen molar-refractivity contribution in [1.29, 1.82) is 0 Å². The molecule has 0 bridgehead atoms. The number of nitrogens with two attached hydrogens (primary N) is 1. The first-order chi connectivity index (χ1) is 8.67. The van der Waals surface area contributed by atoms with Gasteiger partial charge in [0.25, 0.3) is 0 Å². The van der Waals surface area contributed by atoms with Gasteiger partial charge < -0.3 is 5.32 Å². The van der Waals surface area contributed by atoms with Crippen LogP contribution in [0.2, 0.25) is 0 Å². The minimum atomic E-state index is -0.0685. The molecule has 18 heavy (non-hydrogen) atoms. The van der Waals surface area contributed by atoms with Gasteiger partial charge in [-0.1, -0.05) is 6.07 Å². The van der Waals surface area contributed by atoms with Crippen molar-refractivity contribution in [3.63, 3.8) is 0 Å². The van der Waals surface area contributed by atoms with Crippen molar-refractivity contribution in [3.8, 4) is 0 Å². The van der Waals surface area contributed by atoms with Crippen LogP contribution in [0, 0.1) is 0 Å². The fourth-order valence-corrected chi connectivity index (χ4v) is 3.07. The lowest BCUT2D eigenvalue weighted by atomic mass is 10.1. The van der Waals surface area contributed by atoms with Gasteiger partial charge in [-0.25, -0.2) is 5.43 Å². The number of hydrogen-bond acceptors (Lipinski definition) is 5. The molecule has 1 aliphatic rings. The number of fused-ring (bicyclic) bond motifs is 1. The van der Waals surface area contributed by atoms with Gasteiger partial charge in [0, 0.05) is 11.4 Å². The summed E-state index contributed by atoms with van der Waals surface area (Å²) in [5.41, 5.74) is 4.65. The number of hydrazine groups is 1. The minimum Gasteiger partial charge on any atom is -0.316 e. The van der Waals surface area contributed by atoms with Gasteiger partial charge in [0.15, 0.2) is 0 Å². The van der Waals surface area contributed by atoms with Crippen LogP contribution in [0.5, 0.6) is 0 Å². The molecule has 0 aliphatic carbocycles. The molecule has 0 radical (unpaired) electrons. The third kappa shape index (κ3) is 2.51. The Balaban J connectivity index is 2.38. The van der Waals surface area contributed by atoms with Crippen LogP contribution >= 0.6 is 11.8 Å². The summed E-state index contributed by atoms with van der Waals surface area (Å²) in [5.74, 6) is 5.45. The first-order valence-electron chi connectivity index (χ1n) is 5.86. The molecule has 1 heterocycles. The Bertz CT molecular complexity index is 452. The molecule has 0 spiro atoms. The van der Waals surface area contributed by atoms with E-state index in [0.717, 1.165) is 22.7 Å². The molecular formula is C12H18N4OS. The van der Waals surface area contributed by atoms with Crippen LogP contribution < -0.4 is 21.5 Å². The lowest BCUT2D eigenvalue weighted by Gasteiger charge is -2.32. The van der Waals surface area contributed by atoms with Gasteiger partial charge in [-0.05, 0) is 31.7 Å². The van der Waals surface area contributed by atoms with Crippen LogP contribution in [0.3, 0.4) is 0 Å². The number of amides is 1. The first kappa shape index (κ1) is 13.4. The van der Waals surface area contributed by atoms with Gasteiger partial charge >= 0.3 is 0 Å². The number of benzene rings is 1. The van der Waals surface area contributed by atoms with E-state index in [1.54, 1.807) is 16.7 Å². The zero-order valence-electron chi connectivity index (χ0n) is 10.6. The Morgan fingerprint density at radius 2 is 2.28 bits per heavy atom. The maximum Gasteiger partial charge on any atom is 0.241 e. The highest BCUT2D eigenvalue weighted by atomic mass is 32.2. The Labute approximate surface area is 111 Å². The summed E-state index contributed by atoms with van der Waals surface area (Å²) < 4.78 is 0. The van der Waals surface area contributed by atoms with Crippen LogP contribution in [0.4, 0.5) is 5.69 Å². The lowest BCUT2D eigenvalue weighted by molar-refractivity contribution is -0.118. The second kappa shape index (κ2) is 5.71. The minimum absolute atomic E-state index is 0.0685. The molecule has 1 aromatic carbocycles. The summed E-state index contributed by atoms with van der Waals surface area (Å²) in [6.07, 6.45) is 0. The molecule has 0 saturated heterocycles. The molecule has 2 rings (SSSR count). The smallest absolute Gasteiger partial charge is 0.241 e. The monoisotopic (exact) mass is 266 g/mol. The lowest BCUT2D eigenvalue weighted by Crippen LogP contribution is -2.46. The van der Waals surface area contributed by atoms with Crippen LogP contribution in [0.1, 0.15) is 12.5 Å². The molecule has 1 atom stereocenters. The number of nitrogens with zero attached hydrogens (tertiary/aromatic N) is 1. The van der Waals surface area contributed by atoms with Crippen molar-refractivity contribution in [2.45, 2.75) is 23.6 Å². The Morgan fingerprint density at radius 3 is 2.94 bits per heavy atom. The number of rotatable bonds is 4. The number of thioether (sulfide) groups is 1. The van der Waals surface area contributed by atoms with E-state index >= 15 is 0 Å². The number of anilines is 1. The van der Waals surface area contributed by atoms with Crippen molar-refractivity contribution >= 4 is 23.4 Å². The maximum absolute atomic E-state index is 12.1. The quantitative estimate of drug-likeness (QED) is 0.551. The first-order valence-corrected chi connectivity index (χ1v) is 6.74. The van der Waals surface area contributed by atoms with Gasteiger partial charge in [0.05, 0.1) is 17.6 Å². The van der Waals surface area contributed by atoms with E-state index in [1.807, 2.05) is 20.0 Å². The van der Waals surface area contributed by atoms with E-state index in [1.165, 1.54) is 0 Å². The van der Waals surface area contributed by atoms with Gasteiger partial charge in [0.2, 0.25) is 5.91 Å². The molecule has 1 unspecified atom stereocenters. The summed E-state index contributed by atoms with van der Waals surface area (Å²) in [4.78, 5) is 15.0. The predicted octanol–water partition coefficient (Wildman–Crippen LogP) is 0.654. The summed E-state index contributed by atoms with van der Waals surface area (Å²) in [7, 11) is 1.90. The Kier molecular flexibility index (Phi) is 4.23. The van der Waals surface area contributed by atoms with E-state index in [2.05, 4.69) is 22.9 Å². The van der Waals surface area contributed by atoms with E-state index in [0.29, 0.717) is 6.67 Å². The molecule has 1 aliphatic heterocycles. The Hall–Kier alpha value is -1.08. The van der Waals surface area contributed by atoms with E-state index in [9.17, 15) is 4.79 Å². The second-order valence-corrected chi connectivity index (χ2v) is 5.60. The highest BCUT2D eigenvalue weighted by Gasteiger charge is 2.30. The third-order valence-corrected chi connectivity index (χ3v) is 4.02. The topological polar surface area (TPSA) is 70.4 Å². The highest BCUT2D eigenvalue weighted by molar-refractivity contribution is 8.00. The van der Waals surface area contributed by atoms with Crippen LogP contribution in [-0.4, -0.2) is 24.9 Å². The SMILES string of the molecule is CNCc1ccc2c(c1)N(CNN)C(=O)C(C)S2. The number of carbonyl (C=O) groups excluding carboxylic acids is 1. The van der Waals surface area contributed by atoms with Gasteiger partial charge in [-0.3, -0.25) is 15.5 Å². The van der Waals surface area contributed by atoms with Crippen molar-refractivity contribution in [3.05, 3.63) is 23.8 Å².